The number of aromatic nitrogens is 5. The molecule has 196 valence electrons. The molecular weight excluding hydrogens is 512 g/mol. The number of hydrogen-bond acceptors (Lipinski definition) is 10. The first-order valence-electron chi connectivity index (χ1n) is 12.2. The zero-order valence-electron chi connectivity index (χ0n) is 23.3. The molecule has 0 bridgehead atoms. The Balaban J connectivity index is 2.09. The molecule has 0 aliphatic carbocycles. The Bertz CT molecular complexity index is 1350. The van der Waals surface area contributed by atoms with E-state index < -0.39 is 35.0 Å². The second-order valence-corrected chi connectivity index (χ2v) is 10.3. The van der Waals surface area contributed by atoms with Gasteiger partial charge in [0.15, 0.2) is 11.6 Å². The van der Waals surface area contributed by atoms with Crippen LogP contribution in [0.4, 0.5) is 5.95 Å². The maximum absolute atomic E-state index is 13.6. The maximum Gasteiger partial charge on any atom is 0.243 e. The highest BCUT2D eigenvalue weighted by Gasteiger charge is 2.36. The summed E-state index contributed by atoms with van der Waals surface area (Å²) in [6, 6.07) is 4.88. The van der Waals surface area contributed by atoms with Gasteiger partial charge < -0.3 is 18.9 Å². The lowest BCUT2D eigenvalue weighted by Crippen LogP contribution is -2.35. The van der Waals surface area contributed by atoms with E-state index >= 15 is 0 Å². The summed E-state index contributed by atoms with van der Waals surface area (Å²) in [5, 5.41) is 7.01. The minimum Gasteiger partial charge on any atom is -0.494 e. The Hall–Kier alpha value is -3.00. The molecule has 0 aliphatic heterocycles. The minimum absolute atomic E-state index is 0.0321. The van der Waals surface area contributed by atoms with Gasteiger partial charge in [0.1, 0.15) is 35.1 Å². The van der Waals surface area contributed by atoms with Gasteiger partial charge in [-0.3, -0.25) is 9.29 Å². The summed E-state index contributed by atoms with van der Waals surface area (Å²) in [5.74, 6) is 0.358. The summed E-state index contributed by atoms with van der Waals surface area (Å²) in [6.45, 7) is 4.39. The standard InChI is InChI=1S/C22H29ClN6O6S/c1-13(2)35-20(21-24-10-15(23)11-25-21)14(3)36(30,31)28-22-27-26-18(12-32-4)29(22)19-16(33-5)8-7-9-17(19)34-6/h7-11,13-14,20H,12H2,1-6H3,(H,27,28)/t14-,20+/m0/s1/i4D3. The lowest BCUT2D eigenvalue weighted by atomic mass is 10.2. The number of methoxy groups -OCH3 is 3. The van der Waals surface area contributed by atoms with Crippen molar-refractivity contribution in [2.24, 2.45) is 0 Å². The van der Waals surface area contributed by atoms with Crippen LogP contribution in [0.2, 0.25) is 5.02 Å². The molecule has 14 heteroatoms. The fourth-order valence-corrected chi connectivity index (χ4v) is 4.54. The first-order chi connectivity index (χ1) is 18.3. The van der Waals surface area contributed by atoms with Gasteiger partial charge in [-0.1, -0.05) is 17.7 Å². The van der Waals surface area contributed by atoms with Gasteiger partial charge in [-0.15, -0.1) is 10.2 Å². The number of anilines is 1. The number of ether oxygens (including phenoxy) is 4. The number of hydrogen-bond donors (Lipinski definition) is 1. The molecular formula is C22H29ClN6O6S. The molecule has 0 aliphatic rings. The third-order valence-corrected chi connectivity index (χ3v) is 6.91. The van der Waals surface area contributed by atoms with Crippen molar-refractivity contribution >= 4 is 27.6 Å². The van der Waals surface area contributed by atoms with Crippen LogP contribution in [-0.2, 0) is 26.1 Å². The number of halogens is 1. The molecule has 36 heavy (non-hydrogen) atoms. The summed E-state index contributed by atoms with van der Waals surface area (Å²) < 4.78 is 74.8. The van der Waals surface area contributed by atoms with E-state index in [1.54, 1.807) is 32.0 Å². The van der Waals surface area contributed by atoms with Gasteiger partial charge in [-0.05, 0) is 32.9 Å². The SMILES string of the molecule is [2H]C([2H])([2H])OCc1nnc(NS(=O)(=O)[C@@H](C)[C@@H](OC(C)C)c2ncc(Cl)cn2)n1-c1c(OC)cccc1OC. The molecule has 12 nitrogen and oxygen atoms in total. The van der Waals surface area contributed by atoms with Gasteiger partial charge in [-0.2, -0.15) is 0 Å². The normalized spacial score (nSPS) is 15.0. The van der Waals surface area contributed by atoms with Crippen molar-refractivity contribution in [1.29, 1.82) is 0 Å². The van der Waals surface area contributed by atoms with Gasteiger partial charge in [0.2, 0.25) is 16.0 Å². The van der Waals surface area contributed by atoms with Crippen LogP contribution in [0, 0.1) is 0 Å². The number of nitrogens with zero attached hydrogens (tertiary/aromatic N) is 5. The minimum atomic E-state index is -4.26. The third kappa shape index (κ3) is 6.03. The van der Waals surface area contributed by atoms with Crippen LogP contribution in [-0.4, -0.2) is 65.8 Å². The van der Waals surface area contributed by atoms with Gasteiger partial charge in [-0.25, -0.2) is 18.4 Å². The second-order valence-electron chi connectivity index (χ2n) is 7.79. The Morgan fingerprint density at radius 2 is 1.75 bits per heavy atom. The fraction of sp³-hybridized carbons (Fsp3) is 0.455. The maximum atomic E-state index is 13.6. The molecule has 0 saturated carbocycles. The van der Waals surface area contributed by atoms with Crippen LogP contribution in [0.25, 0.3) is 5.69 Å². The second kappa shape index (κ2) is 11.8. The Labute approximate surface area is 219 Å². The topological polar surface area (TPSA) is 140 Å². The molecule has 0 saturated heterocycles. The highest BCUT2D eigenvalue weighted by Crippen LogP contribution is 2.36. The number of benzene rings is 1. The van der Waals surface area contributed by atoms with Gasteiger partial charge >= 0.3 is 0 Å². The van der Waals surface area contributed by atoms with Crippen LogP contribution in [0.3, 0.4) is 0 Å². The van der Waals surface area contributed by atoms with Gasteiger partial charge in [0.25, 0.3) is 0 Å². The highest BCUT2D eigenvalue weighted by atomic mass is 35.5. The first kappa shape index (κ1) is 23.4. The highest BCUT2D eigenvalue weighted by molar-refractivity contribution is 7.93. The summed E-state index contributed by atoms with van der Waals surface area (Å²) in [6.07, 6.45) is 1.25. The van der Waals surface area contributed by atoms with Crippen molar-refractivity contribution in [1.82, 2.24) is 24.7 Å². The smallest absolute Gasteiger partial charge is 0.243 e. The van der Waals surface area contributed by atoms with Crippen LogP contribution in [0.1, 0.15) is 42.6 Å². The van der Waals surface area contributed by atoms with Crippen LogP contribution in [0.5, 0.6) is 11.5 Å². The zero-order chi connectivity index (χ0) is 29.0. The van der Waals surface area contributed by atoms with Gasteiger partial charge in [0, 0.05) is 19.4 Å². The molecule has 1 aromatic carbocycles. The molecule has 2 heterocycles. The van der Waals surface area contributed by atoms with Gasteiger partial charge in [0.05, 0.1) is 29.5 Å². The summed E-state index contributed by atoms with van der Waals surface area (Å²) in [7, 11) is -4.18. The number of para-hydroxylation sites is 1. The molecule has 3 aromatic rings. The molecule has 2 aromatic heterocycles. The molecule has 1 N–H and O–H groups in total. The van der Waals surface area contributed by atoms with Crippen LogP contribution >= 0.6 is 11.6 Å². The average Bonchev–Trinajstić information content (AvgIpc) is 3.26. The third-order valence-electron chi connectivity index (χ3n) is 5.02. The molecule has 3 rings (SSSR count). The summed E-state index contributed by atoms with van der Waals surface area (Å²) >= 11 is 5.90. The monoisotopic (exact) mass is 543 g/mol. The van der Waals surface area contributed by atoms with Crippen molar-refractivity contribution < 1.29 is 31.5 Å². The number of sulfonamides is 1. The predicted octanol–water partition coefficient (Wildman–Crippen LogP) is 3.17. The van der Waals surface area contributed by atoms with E-state index in [9.17, 15) is 8.42 Å². The largest absolute Gasteiger partial charge is 0.494 e. The quantitative estimate of drug-likeness (QED) is 0.362. The predicted molar refractivity (Wildman–Crippen MR) is 133 cm³/mol. The fourth-order valence-electron chi connectivity index (χ4n) is 3.35. The van der Waals surface area contributed by atoms with Crippen molar-refractivity contribution in [2.75, 3.05) is 26.0 Å². The van der Waals surface area contributed by atoms with Crippen molar-refractivity contribution in [3.8, 4) is 17.2 Å². The Kier molecular flexibility index (Phi) is 7.69. The first-order valence-corrected chi connectivity index (χ1v) is 12.6. The number of nitrogens with one attached hydrogen (secondary N) is 1. The lowest BCUT2D eigenvalue weighted by molar-refractivity contribution is 0.00154. The zero-order valence-corrected chi connectivity index (χ0v) is 21.9. The molecule has 2 atom stereocenters. The van der Waals surface area contributed by atoms with Crippen LogP contribution < -0.4 is 14.2 Å². The van der Waals surface area contributed by atoms with Crippen LogP contribution in [0.15, 0.2) is 30.6 Å². The molecule has 0 fully saturated rings. The number of rotatable bonds is 12. The lowest BCUT2D eigenvalue weighted by Gasteiger charge is -2.25. The van der Waals surface area contributed by atoms with E-state index in [4.69, 9.17) is 34.7 Å². The van der Waals surface area contributed by atoms with E-state index in [0.717, 1.165) is 0 Å². The average molecular weight is 544 g/mol. The summed E-state index contributed by atoms with van der Waals surface area (Å²) in [5.41, 5.74) is 0.220. The molecule has 0 spiro atoms. The van der Waals surface area contributed by atoms with Crippen molar-refractivity contribution in [2.45, 2.75) is 44.8 Å². The Morgan fingerprint density at radius 3 is 2.31 bits per heavy atom. The van der Waals surface area contributed by atoms with E-state index in [1.165, 1.54) is 38.1 Å². The van der Waals surface area contributed by atoms with E-state index in [-0.39, 0.29) is 45.9 Å². The van der Waals surface area contributed by atoms with Crippen molar-refractivity contribution in [3.63, 3.8) is 0 Å². The molecule has 0 radical (unpaired) electrons. The van der Waals surface area contributed by atoms with E-state index in [0.29, 0.717) is 0 Å². The van der Waals surface area contributed by atoms with Crippen molar-refractivity contribution in [3.05, 3.63) is 47.3 Å². The molecule has 0 unspecified atom stereocenters. The summed E-state index contributed by atoms with van der Waals surface area (Å²) in [4.78, 5) is 8.28. The molecule has 0 amide bonds. The van der Waals surface area contributed by atoms with E-state index in [2.05, 4.69) is 24.9 Å². The van der Waals surface area contributed by atoms with E-state index in [1.807, 2.05) is 0 Å². The Morgan fingerprint density at radius 1 is 1.11 bits per heavy atom.